The van der Waals surface area contributed by atoms with Crippen LogP contribution in [0.15, 0.2) is 28.0 Å². The number of carbonyl (C=O) groups is 1. The number of hydrogen-bond donors (Lipinski definition) is 0. The maximum atomic E-state index is 13.6. The summed E-state index contributed by atoms with van der Waals surface area (Å²) in [5, 5.41) is 0. The Morgan fingerprint density at radius 2 is 1.85 bits per heavy atom. The Kier molecular flexibility index (Phi) is 6.28. The molecule has 0 bridgehead atoms. The van der Waals surface area contributed by atoms with Gasteiger partial charge in [-0.3, -0.25) is 18.9 Å². The topological polar surface area (TPSA) is 61.2 Å². The van der Waals surface area contributed by atoms with Gasteiger partial charge in [-0.05, 0) is 44.5 Å². The van der Waals surface area contributed by atoms with E-state index in [1.54, 1.807) is 21.6 Å². The van der Waals surface area contributed by atoms with E-state index in [9.17, 15) is 9.59 Å². The number of thiocarbonyl (C=S) groups is 1. The van der Waals surface area contributed by atoms with Gasteiger partial charge in [-0.2, -0.15) is 0 Å². The molecule has 3 aliphatic rings. The molecular formula is C24H29N5O2S2. The number of carbonyl (C=O) groups excluding carboxylic acids is 1. The highest BCUT2D eigenvalue weighted by atomic mass is 32.2. The third-order valence-corrected chi connectivity index (χ3v) is 8.24. The van der Waals surface area contributed by atoms with Crippen molar-refractivity contribution in [1.82, 2.24) is 19.2 Å². The molecule has 0 radical (unpaired) electrons. The van der Waals surface area contributed by atoms with Gasteiger partial charge in [0.2, 0.25) is 0 Å². The SMILES string of the molecule is Cc1cccn2c(=O)c(C=C3SC(=S)N(C4CCCCC4)C3=O)c(N3CCN(C)CC3)nc12. The third kappa shape index (κ3) is 4.22. The van der Waals surface area contributed by atoms with Gasteiger partial charge in [0.25, 0.3) is 11.5 Å². The summed E-state index contributed by atoms with van der Waals surface area (Å²) in [6, 6.07) is 3.99. The van der Waals surface area contributed by atoms with Crippen molar-refractivity contribution in [1.29, 1.82) is 0 Å². The summed E-state index contributed by atoms with van der Waals surface area (Å²) < 4.78 is 2.19. The molecule has 7 nitrogen and oxygen atoms in total. The van der Waals surface area contributed by atoms with Crippen LogP contribution in [-0.2, 0) is 4.79 Å². The molecule has 0 N–H and O–H groups in total. The van der Waals surface area contributed by atoms with Crippen molar-refractivity contribution < 1.29 is 4.79 Å². The molecule has 9 heteroatoms. The summed E-state index contributed by atoms with van der Waals surface area (Å²) in [6.45, 7) is 5.34. The largest absolute Gasteiger partial charge is 0.353 e. The minimum atomic E-state index is -0.152. The fraction of sp³-hybridized carbons (Fsp3) is 0.500. The first kappa shape index (κ1) is 22.6. The van der Waals surface area contributed by atoms with Gasteiger partial charge in [-0.15, -0.1) is 0 Å². The predicted octanol–water partition coefficient (Wildman–Crippen LogP) is 3.29. The molecule has 2 saturated heterocycles. The Labute approximate surface area is 203 Å². The standard InChI is InChI=1S/C24H29N5O2S2/c1-16-7-6-10-28-20(16)25-21(27-13-11-26(2)12-14-27)18(22(28)30)15-19-23(31)29(24(32)33-19)17-8-4-3-5-9-17/h6-7,10,15,17H,3-5,8-9,11-14H2,1-2H3. The van der Waals surface area contributed by atoms with Crippen LogP contribution in [-0.4, -0.2) is 68.7 Å². The maximum absolute atomic E-state index is 13.6. The van der Waals surface area contributed by atoms with Crippen molar-refractivity contribution in [2.24, 2.45) is 0 Å². The summed E-state index contributed by atoms with van der Waals surface area (Å²) in [6.07, 6.45) is 8.94. The fourth-order valence-corrected chi connectivity index (χ4v) is 6.33. The van der Waals surface area contributed by atoms with E-state index in [0.29, 0.717) is 26.3 Å². The van der Waals surface area contributed by atoms with E-state index in [1.807, 2.05) is 19.1 Å². The van der Waals surface area contributed by atoms with Crippen molar-refractivity contribution >= 4 is 51.7 Å². The molecular weight excluding hydrogens is 454 g/mol. The van der Waals surface area contributed by atoms with Gasteiger partial charge in [0.1, 0.15) is 15.8 Å². The Morgan fingerprint density at radius 1 is 1.12 bits per heavy atom. The van der Waals surface area contributed by atoms with Crippen LogP contribution in [0.4, 0.5) is 5.82 Å². The van der Waals surface area contributed by atoms with Crippen LogP contribution in [0.1, 0.15) is 43.2 Å². The number of rotatable bonds is 3. The minimum Gasteiger partial charge on any atom is -0.353 e. The number of thioether (sulfide) groups is 1. The summed E-state index contributed by atoms with van der Waals surface area (Å²) >= 11 is 6.91. The molecule has 3 fully saturated rings. The Hall–Kier alpha value is -2.23. The van der Waals surface area contributed by atoms with Gasteiger partial charge in [0.15, 0.2) is 0 Å². The number of fused-ring (bicyclic) bond motifs is 1. The van der Waals surface area contributed by atoms with Crippen molar-refractivity contribution in [3.8, 4) is 0 Å². The Bertz CT molecular complexity index is 1190. The zero-order valence-electron chi connectivity index (χ0n) is 19.1. The van der Waals surface area contributed by atoms with E-state index in [2.05, 4.69) is 16.8 Å². The lowest BCUT2D eigenvalue weighted by Crippen LogP contribution is -2.45. The Morgan fingerprint density at radius 3 is 2.58 bits per heavy atom. The highest BCUT2D eigenvalue weighted by Crippen LogP contribution is 2.37. The minimum absolute atomic E-state index is 0.0741. The lowest BCUT2D eigenvalue weighted by Gasteiger charge is -2.34. The molecule has 2 aromatic heterocycles. The van der Waals surface area contributed by atoms with E-state index in [0.717, 1.165) is 57.4 Å². The second kappa shape index (κ2) is 9.19. The summed E-state index contributed by atoms with van der Waals surface area (Å²) in [5.74, 6) is 0.584. The fourth-order valence-electron chi connectivity index (χ4n) is 4.95. The number of anilines is 1. The first-order valence-electron chi connectivity index (χ1n) is 11.7. The number of aryl methyl sites for hydroxylation is 1. The van der Waals surface area contributed by atoms with Crippen molar-refractivity contribution in [3.63, 3.8) is 0 Å². The molecule has 2 aromatic rings. The number of amides is 1. The van der Waals surface area contributed by atoms with Gasteiger partial charge in [0, 0.05) is 38.4 Å². The van der Waals surface area contributed by atoms with Gasteiger partial charge >= 0.3 is 0 Å². The van der Waals surface area contributed by atoms with Crippen LogP contribution >= 0.6 is 24.0 Å². The quantitative estimate of drug-likeness (QED) is 0.490. The molecule has 1 aliphatic carbocycles. The van der Waals surface area contributed by atoms with E-state index < -0.39 is 0 Å². The summed E-state index contributed by atoms with van der Waals surface area (Å²) in [4.78, 5) is 38.7. The van der Waals surface area contributed by atoms with E-state index in [-0.39, 0.29) is 17.5 Å². The Balaban J connectivity index is 1.59. The second-order valence-electron chi connectivity index (χ2n) is 9.17. The molecule has 4 heterocycles. The van der Waals surface area contributed by atoms with Gasteiger partial charge in [-0.1, -0.05) is 49.3 Å². The molecule has 1 saturated carbocycles. The van der Waals surface area contributed by atoms with Crippen LogP contribution in [0.2, 0.25) is 0 Å². The zero-order chi connectivity index (χ0) is 23.1. The smallest absolute Gasteiger partial charge is 0.267 e. The number of pyridine rings is 1. The number of piperazine rings is 1. The molecule has 5 rings (SSSR count). The van der Waals surface area contributed by atoms with E-state index in [4.69, 9.17) is 17.2 Å². The van der Waals surface area contributed by atoms with Crippen LogP contribution in [0, 0.1) is 6.92 Å². The molecule has 0 unspecified atom stereocenters. The average Bonchev–Trinajstić information content (AvgIpc) is 3.10. The lowest BCUT2D eigenvalue weighted by molar-refractivity contribution is -0.124. The normalized spacial score (nSPS) is 22.2. The number of nitrogens with zero attached hydrogens (tertiary/aromatic N) is 5. The van der Waals surface area contributed by atoms with Crippen LogP contribution in [0.5, 0.6) is 0 Å². The molecule has 1 amide bonds. The first-order chi connectivity index (χ1) is 15.9. The van der Waals surface area contributed by atoms with Crippen molar-refractivity contribution in [3.05, 3.63) is 44.7 Å². The molecule has 0 atom stereocenters. The number of aromatic nitrogens is 2. The predicted molar refractivity (Wildman–Crippen MR) is 138 cm³/mol. The highest BCUT2D eigenvalue weighted by Gasteiger charge is 2.38. The molecule has 2 aliphatic heterocycles. The first-order valence-corrected chi connectivity index (χ1v) is 12.9. The summed E-state index contributed by atoms with van der Waals surface area (Å²) in [5.41, 5.74) is 1.91. The van der Waals surface area contributed by atoms with Crippen LogP contribution < -0.4 is 10.5 Å². The highest BCUT2D eigenvalue weighted by molar-refractivity contribution is 8.26. The average molecular weight is 484 g/mol. The van der Waals surface area contributed by atoms with Crippen LogP contribution in [0.25, 0.3) is 11.7 Å². The van der Waals surface area contributed by atoms with Gasteiger partial charge < -0.3 is 9.80 Å². The molecule has 0 spiro atoms. The van der Waals surface area contributed by atoms with Crippen LogP contribution in [0.3, 0.4) is 0 Å². The molecule has 174 valence electrons. The van der Waals surface area contributed by atoms with E-state index >= 15 is 0 Å². The second-order valence-corrected chi connectivity index (χ2v) is 10.8. The van der Waals surface area contributed by atoms with Gasteiger partial charge in [-0.25, -0.2) is 4.98 Å². The third-order valence-electron chi connectivity index (χ3n) is 6.91. The zero-order valence-corrected chi connectivity index (χ0v) is 20.8. The summed E-state index contributed by atoms with van der Waals surface area (Å²) in [7, 11) is 2.10. The molecule has 0 aromatic carbocycles. The maximum Gasteiger partial charge on any atom is 0.267 e. The van der Waals surface area contributed by atoms with Crippen molar-refractivity contribution in [2.75, 3.05) is 38.1 Å². The number of hydrogen-bond acceptors (Lipinski definition) is 7. The van der Waals surface area contributed by atoms with Crippen molar-refractivity contribution in [2.45, 2.75) is 45.1 Å². The lowest BCUT2D eigenvalue weighted by atomic mass is 9.94. The molecule has 33 heavy (non-hydrogen) atoms. The number of likely N-dealkylation sites (N-methyl/N-ethyl adjacent to an activating group) is 1. The van der Waals surface area contributed by atoms with E-state index in [1.165, 1.54) is 18.2 Å². The monoisotopic (exact) mass is 483 g/mol. The van der Waals surface area contributed by atoms with Gasteiger partial charge in [0.05, 0.1) is 10.5 Å².